The van der Waals surface area contributed by atoms with Crippen LogP contribution in [0, 0.1) is 0 Å². The van der Waals surface area contributed by atoms with Crippen LogP contribution < -0.4 is 9.47 Å². The summed E-state index contributed by atoms with van der Waals surface area (Å²) in [5, 5.41) is 0. The van der Waals surface area contributed by atoms with E-state index in [-0.39, 0.29) is 12.0 Å². The van der Waals surface area contributed by atoms with Crippen LogP contribution in [0.25, 0.3) is 11.0 Å². The molecular weight excluding hydrogens is 272 g/mol. The number of aromatic nitrogens is 2. The number of hydrogen-bond acceptors (Lipinski definition) is 5. The number of thiol groups is 1. The van der Waals surface area contributed by atoms with E-state index in [0.717, 1.165) is 22.5 Å². The fourth-order valence-corrected chi connectivity index (χ4v) is 2.05. The highest BCUT2D eigenvalue weighted by Gasteiger charge is 2.17. The second-order valence-corrected chi connectivity index (χ2v) is 5.38. The quantitative estimate of drug-likeness (QED) is 0.857. The summed E-state index contributed by atoms with van der Waals surface area (Å²) in [6.45, 7) is 6.03. The number of methoxy groups -OCH3 is 1. The van der Waals surface area contributed by atoms with Crippen LogP contribution in [0.3, 0.4) is 0 Å². The molecule has 0 saturated heterocycles. The molecule has 2 rings (SSSR count). The van der Waals surface area contributed by atoms with Crippen LogP contribution in [0.5, 0.6) is 11.6 Å². The summed E-state index contributed by atoms with van der Waals surface area (Å²) in [5.74, 6) is 2.23. The molecule has 1 aromatic carbocycles. The van der Waals surface area contributed by atoms with E-state index in [2.05, 4.69) is 29.5 Å². The van der Waals surface area contributed by atoms with Crippen molar-refractivity contribution in [2.45, 2.75) is 32.8 Å². The summed E-state index contributed by atoms with van der Waals surface area (Å²) in [4.78, 5) is 9.28. The lowest BCUT2D eigenvalue weighted by molar-refractivity contribution is 0.229. The fraction of sp³-hybridized carbons (Fsp3) is 0.467. The number of rotatable bonds is 5. The van der Waals surface area contributed by atoms with Crippen molar-refractivity contribution in [3.63, 3.8) is 0 Å². The third-order valence-corrected chi connectivity index (χ3v) is 3.50. The van der Waals surface area contributed by atoms with E-state index in [1.807, 2.05) is 32.0 Å². The lowest BCUT2D eigenvalue weighted by Gasteiger charge is -2.16. The Hall–Kier alpha value is -1.49. The average molecular weight is 292 g/mol. The Labute approximate surface area is 124 Å². The number of fused-ring (bicyclic) bond motifs is 1. The second kappa shape index (κ2) is 6.31. The minimum absolute atomic E-state index is 0.0539. The first-order valence-electron chi connectivity index (χ1n) is 6.68. The van der Waals surface area contributed by atoms with Crippen molar-refractivity contribution in [2.75, 3.05) is 12.9 Å². The van der Waals surface area contributed by atoms with Gasteiger partial charge in [0.05, 0.1) is 24.2 Å². The van der Waals surface area contributed by atoms with Crippen molar-refractivity contribution in [1.82, 2.24) is 9.97 Å². The largest absolute Gasteiger partial charge is 0.497 e. The van der Waals surface area contributed by atoms with Gasteiger partial charge in [-0.05, 0) is 31.7 Å². The Bertz CT molecular complexity index is 602. The molecule has 4 nitrogen and oxygen atoms in total. The molecule has 1 aromatic heterocycles. The molecule has 20 heavy (non-hydrogen) atoms. The second-order valence-electron chi connectivity index (χ2n) is 5.02. The van der Waals surface area contributed by atoms with Crippen molar-refractivity contribution in [3.8, 4) is 11.6 Å². The normalized spacial score (nSPS) is 12.7. The molecule has 1 unspecified atom stereocenters. The molecule has 0 radical (unpaired) electrons. The van der Waals surface area contributed by atoms with Gasteiger partial charge in [-0.1, -0.05) is 6.92 Å². The Morgan fingerprint density at radius 3 is 2.50 bits per heavy atom. The van der Waals surface area contributed by atoms with Gasteiger partial charge in [0.25, 0.3) is 0 Å². The molecule has 1 heterocycles. The van der Waals surface area contributed by atoms with Gasteiger partial charge < -0.3 is 9.47 Å². The van der Waals surface area contributed by atoms with Crippen LogP contribution in [0.15, 0.2) is 18.2 Å². The molecule has 5 heteroatoms. The Morgan fingerprint density at radius 2 is 1.90 bits per heavy atom. The van der Waals surface area contributed by atoms with Gasteiger partial charge in [0, 0.05) is 12.0 Å². The average Bonchev–Trinajstić information content (AvgIpc) is 2.44. The predicted octanol–water partition coefficient (Wildman–Crippen LogP) is 3.46. The summed E-state index contributed by atoms with van der Waals surface area (Å²) in [5.41, 5.74) is 2.46. The molecule has 0 spiro atoms. The number of ether oxygens (including phenoxy) is 2. The van der Waals surface area contributed by atoms with E-state index in [1.54, 1.807) is 7.11 Å². The first-order valence-corrected chi connectivity index (χ1v) is 7.31. The van der Waals surface area contributed by atoms with Gasteiger partial charge in [-0.15, -0.1) is 0 Å². The monoisotopic (exact) mass is 292 g/mol. The Kier molecular flexibility index (Phi) is 4.70. The van der Waals surface area contributed by atoms with E-state index < -0.39 is 0 Å². The summed E-state index contributed by atoms with van der Waals surface area (Å²) in [6, 6.07) is 5.66. The van der Waals surface area contributed by atoms with Crippen molar-refractivity contribution in [1.29, 1.82) is 0 Å². The molecule has 0 saturated carbocycles. The molecular formula is C15H20N2O2S. The van der Waals surface area contributed by atoms with Gasteiger partial charge in [-0.25, -0.2) is 9.97 Å². The number of benzene rings is 1. The van der Waals surface area contributed by atoms with Gasteiger partial charge in [0.1, 0.15) is 11.4 Å². The van der Waals surface area contributed by atoms with E-state index >= 15 is 0 Å². The maximum absolute atomic E-state index is 5.80. The third-order valence-electron chi connectivity index (χ3n) is 2.95. The highest BCUT2D eigenvalue weighted by atomic mass is 32.1. The molecule has 0 N–H and O–H groups in total. The molecule has 0 aliphatic heterocycles. The summed E-state index contributed by atoms with van der Waals surface area (Å²) >= 11 is 4.35. The molecule has 0 amide bonds. The highest BCUT2D eigenvalue weighted by molar-refractivity contribution is 7.80. The van der Waals surface area contributed by atoms with Crippen LogP contribution in [-0.2, 0) is 0 Å². The molecule has 0 bridgehead atoms. The minimum atomic E-state index is 0.0539. The van der Waals surface area contributed by atoms with Crippen molar-refractivity contribution < 1.29 is 9.47 Å². The van der Waals surface area contributed by atoms with Gasteiger partial charge in [-0.3, -0.25) is 0 Å². The minimum Gasteiger partial charge on any atom is -0.497 e. The molecule has 0 aliphatic carbocycles. The van der Waals surface area contributed by atoms with Crippen LogP contribution in [-0.4, -0.2) is 28.9 Å². The van der Waals surface area contributed by atoms with Gasteiger partial charge in [0.15, 0.2) is 0 Å². The molecule has 108 valence electrons. The summed E-state index contributed by atoms with van der Waals surface area (Å²) in [7, 11) is 1.64. The SMILES string of the molecule is COc1ccc2nc(C(C)CS)c(OC(C)C)nc2c1. The zero-order chi connectivity index (χ0) is 14.7. The maximum Gasteiger partial charge on any atom is 0.236 e. The zero-order valence-electron chi connectivity index (χ0n) is 12.3. The van der Waals surface area contributed by atoms with Crippen LogP contribution >= 0.6 is 12.6 Å². The van der Waals surface area contributed by atoms with Gasteiger partial charge in [-0.2, -0.15) is 12.6 Å². The van der Waals surface area contributed by atoms with Crippen molar-refractivity contribution in [3.05, 3.63) is 23.9 Å². The van der Waals surface area contributed by atoms with E-state index in [1.165, 1.54) is 0 Å². The van der Waals surface area contributed by atoms with E-state index in [0.29, 0.717) is 11.6 Å². The maximum atomic E-state index is 5.80. The molecule has 1 atom stereocenters. The van der Waals surface area contributed by atoms with Crippen molar-refractivity contribution >= 4 is 23.7 Å². The standard InChI is InChI=1S/C15H20N2O2S/c1-9(2)19-15-14(10(3)8-20)16-12-6-5-11(18-4)7-13(12)17-15/h5-7,9-10,20H,8H2,1-4H3. The first-order chi connectivity index (χ1) is 9.55. The zero-order valence-corrected chi connectivity index (χ0v) is 13.1. The summed E-state index contributed by atoms with van der Waals surface area (Å²) < 4.78 is 11.0. The third kappa shape index (κ3) is 3.15. The first kappa shape index (κ1) is 14.9. The van der Waals surface area contributed by atoms with Crippen LogP contribution in [0.4, 0.5) is 0 Å². The molecule has 0 aliphatic rings. The van der Waals surface area contributed by atoms with Crippen LogP contribution in [0.2, 0.25) is 0 Å². The van der Waals surface area contributed by atoms with Gasteiger partial charge >= 0.3 is 0 Å². The molecule has 0 fully saturated rings. The van der Waals surface area contributed by atoms with E-state index in [9.17, 15) is 0 Å². The molecule has 2 aromatic rings. The Balaban J connectivity index is 2.57. The summed E-state index contributed by atoms with van der Waals surface area (Å²) in [6.07, 6.45) is 0.0539. The fourth-order valence-electron chi connectivity index (χ4n) is 1.88. The lowest BCUT2D eigenvalue weighted by atomic mass is 10.1. The van der Waals surface area contributed by atoms with Crippen LogP contribution in [0.1, 0.15) is 32.4 Å². The van der Waals surface area contributed by atoms with Crippen molar-refractivity contribution in [2.24, 2.45) is 0 Å². The lowest BCUT2D eigenvalue weighted by Crippen LogP contribution is -2.12. The van der Waals surface area contributed by atoms with Gasteiger partial charge in [0.2, 0.25) is 5.88 Å². The number of nitrogens with zero attached hydrogens (tertiary/aromatic N) is 2. The number of hydrogen-bond donors (Lipinski definition) is 1. The smallest absolute Gasteiger partial charge is 0.236 e. The highest BCUT2D eigenvalue weighted by Crippen LogP contribution is 2.28. The topological polar surface area (TPSA) is 44.2 Å². The Morgan fingerprint density at radius 1 is 1.15 bits per heavy atom. The predicted molar refractivity (Wildman–Crippen MR) is 84.1 cm³/mol. The van der Waals surface area contributed by atoms with E-state index in [4.69, 9.17) is 9.47 Å².